The van der Waals surface area contributed by atoms with Gasteiger partial charge in [0.15, 0.2) is 0 Å². The van der Waals surface area contributed by atoms with Crippen molar-refractivity contribution < 1.29 is 18.8 Å². The molecule has 0 saturated carbocycles. The van der Waals surface area contributed by atoms with Gasteiger partial charge in [0.1, 0.15) is 11.5 Å². The Bertz CT molecular complexity index is 1480. The molecule has 0 unspecified atom stereocenters. The molecule has 190 valence electrons. The van der Waals surface area contributed by atoms with E-state index in [2.05, 4.69) is 16.7 Å². The summed E-state index contributed by atoms with van der Waals surface area (Å²) in [6.45, 7) is 0.689. The van der Waals surface area contributed by atoms with Crippen LogP contribution in [0.25, 0.3) is 6.08 Å². The van der Waals surface area contributed by atoms with Gasteiger partial charge in [-0.25, -0.2) is 0 Å². The number of furan rings is 1. The Kier molecular flexibility index (Phi) is 7.70. The van der Waals surface area contributed by atoms with E-state index in [9.17, 15) is 14.4 Å². The molecule has 0 spiro atoms. The van der Waals surface area contributed by atoms with Crippen LogP contribution in [0, 0.1) is 0 Å². The number of nitrogens with one attached hydrogen (secondary N) is 2. The van der Waals surface area contributed by atoms with Gasteiger partial charge in [0.2, 0.25) is 5.91 Å². The molecule has 3 amide bonds. The Morgan fingerprint density at radius 3 is 2.55 bits per heavy atom. The second-order valence-corrected chi connectivity index (χ2v) is 9.64. The van der Waals surface area contributed by atoms with Crippen LogP contribution in [0.15, 0.2) is 112 Å². The number of thioether (sulfide) groups is 1. The van der Waals surface area contributed by atoms with E-state index >= 15 is 0 Å². The molecule has 0 aliphatic carbocycles. The fraction of sp³-hybridized carbons (Fsp3) is 0.100. The van der Waals surface area contributed by atoms with Crippen molar-refractivity contribution in [2.45, 2.75) is 11.3 Å². The van der Waals surface area contributed by atoms with Crippen LogP contribution >= 0.6 is 11.8 Å². The molecule has 0 radical (unpaired) electrons. The van der Waals surface area contributed by atoms with E-state index in [1.807, 2.05) is 41.3 Å². The van der Waals surface area contributed by atoms with E-state index in [0.29, 0.717) is 23.6 Å². The number of rotatable bonds is 8. The zero-order valence-electron chi connectivity index (χ0n) is 20.4. The smallest absolute Gasteiger partial charge is 0.272 e. The van der Waals surface area contributed by atoms with Crippen molar-refractivity contribution in [3.05, 3.63) is 120 Å². The Balaban J connectivity index is 1.25. The lowest BCUT2D eigenvalue weighted by Crippen LogP contribution is -2.30. The van der Waals surface area contributed by atoms with Gasteiger partial charge in [-0.05, 0) is 60.5 Å². The van der Waals surface area contributed by atoms with Crippen molar-refractivity contribution in [3.63, 3.8) is 0 Å². The van der Waals surface area contributed by atoms with Crippen molar-refractivity contribution in [2.24, 2.45) is 0 Å². The Labute approximate surface area is 224 Å². The highest BCUT2D eigenvalue weighted by atomic mass is 32.2. The summed E-state index contributed by atoms with van der Waals surface area (Å²) >= 11 is 1.41. The number of para-hydroxylation sites is 1. The summed E-state index contributed by atoms with van der Waals surface area (Å²) in [5.74, 6) is -0.165. The van der Waals surface area contributed by atoms with Crippen molar-refractivity contribution in [1.29, 1.82) is 0 Å². The van der Waals surface area contributed by atoms with E-state index in [1.165, 1.54) is 29.7 Å². The molecule has 1 aromatic heterocycles. The maximum absolute atomic E-state index is 13.2. The molecule has 0 atom stereocenters. The average Bonchev–Trinajstić information content (AvgIpc) is 3.62. The second-order valence-electron chi connectivity index (χ2n) is 8.59. The number of benzene rings is 3. The zero-order valence-corrected chi connectivity index (χ0v) is 21.2. The number of carbonyl (C=O) groups is 3. The molecule has 3 aromatic carbocycles. The number of fused-ring (bicyclic) bond motifs is 1. The van der Waals surface area contributed by atoms with Gasteiger partial charge in [-0.1, -0.05) is 42.5 Å². The number of hydrogen-bond donors (Lipinski definition) is 2. The normalized spacial score (nSPS) is 12.6. The van der Waals surface area contributed by atoms with E-state index in [-0.39, 0.29) is 17.4 Å². The first kappa shape index (κ1) is 25.1. The maximum Gasteiger partial charge on any atom is 0.272 e. The SMILES string of the molecule is O=C(Nc1cccc(SCC(=O)N2CCc3ccccc32)c1)/C(=C/c1ccco1)NC(=O)c1ccccc1. The summed E-state index contributed by atoms with van der Waals surface area (Å²) in [6.07, 6.45) is 3.83. The summed E-state index contributed by atoms with van der Waals surface area (Å²) in [5, 5.41) is 5.52. The number of hydrogen-bond acceptors (Lipinski definition) is 5. The van der Waals surface area contributed by atoms with Crippen molar-refractivity contribution in [3.8, 4) is 0 Å². The first-order valence-electron chi connectivity index (χ1n) is 12.1. The Morgan fingerprint density at radius 1 is 0.921 bits per heavy atom. The first-order valence-corrected chi connectivity index (χ1v) is 13.1. The Hall–Kier alpha value is -4.56. The first-order chi connectivity index (χ1) is 18.6. The van der Waals surface area contributed by atoms with Crippen LogP contribution < -0.4 is 15.5 Å². The molecule has 0 fully saturated rings. The molecule has 0 saturated heterocycles. The molecule has 1 aliphatic heterocycles. The minimum absolute atomic E-state index is 0.0368. The van der Waals surface area contributed by atoms with Crippen molar-refractivity contribution >= 4 is 46.9 Å². The van der Waals surface area contributed by atoms with Crippen LogP contribution in [-0.2, 0) is 16.0 Å². The van der Waals surface area contributed by atoms with Crippen LogP contribution in [0.2, 0.25) is 0 Å². The van der Waals surface area contributed by atoms with Gasteiger partial charge in [0, 0.05) is 34.5 Å². The number of nitrogens with zero attached hydrogens (tertiary/aromatic N) is 1. The average molecular weight is 524 g/mol. The standard InChI is InChI=1S/C30H25N3O4S/c34-28(33-16-15-21-8-4-5-14-27(21)33)20-38-25-13-6-11-23(18-25)31-30(36)26(19-24-12-7-17-37-24)32-29(35)22-9-2-1-3-10-22/h1-14,17-19H,15-16,20H2,(H,31,36)(H,32,35)/b26-19-. The fourth-order valence-electron chi connectivity index (χ4n) is 4.14. The third-order valence-corrected chi connectivity index (χ3v) is 6.98. The summed E-state index contributed by atoms with van der Waals surface area (Å²) in [5.41, 5.74) is 3.17. The van der Waals surface area contributed by atoms with E-state index in [4.69, 9.17) is 4.42 Å². The van der Waals surface area contributed by atoms with Gasteiger partial charge >= 0.3 is 0 Å². The lowest BCUT2D eigenvalue weighted by atomic mass is 10.2. The van der Waals surface area contributed by atoms with Gasteiger partial charge in [-0.3, -0.25) is 14.4 Å². The number of carbonyl (C=O) groups excluding carboxylic acids is 3. The lowest BCUT2D eigenvalue weighted by molar-refractivity contribution is -0.116. The summed E-state index contributed by atoms with van der Waals surface area (Å²) in [4.78, 5) is 41.5. The lowest BCUT2D eigenvalue weighted by Gasteiger charge is -2.17. The third kappa shape index (κ3) is 6.04. The molecule has 5 rings (SSSR count). The molecule has 4 aromatic rings. The molecule has 2 N–H and O–H groups in total. The fourth-order valence-corrected chi connectivity index (χ4v) is 4.97. The van der Waals surface area contributed by atoms with Crippen LogP contribution in [0.1, 0.15) is 21.7 Å². The zero-order chi connectivity index (χ0) is 26.3. The highest BCUT2D eigenvalue weighted by Gasteiger charge is 2.24. The van der Waals surface area contributed by atoms with Crippen molar-refractivity contribution in [2.75, 3.05) is 22.5 Å². The molecule has 38 heavy (non-hydrogen) atoms. The number of amides is 3. The molecule has 1 aliphatic rings. The quantitative estimate of drug-likeness (QED) is 0.239. The monoisotopic (exact) mass is 523 g/mol. The van der Waals surface area contributed by atoms with Crippen molar-refractivity contribution in [1.82, 2.24) is 5.32 Å². The predicted molar refractivity (Wildman–Crippen MR) is 149 cm³/mol. The largest absolute Gasteiger partial charge is 0.465 e. The highest BCUT2D eigenvalue weighted by molar-refractivity contribution is 8.00. The van der Waals surface area contributed by atoms with Gasteiger partial charge < -0.3 is 20.0 Å². The molecule has 2 heterocycles. The molecule has 0 bridgehead atoms. The van der Waals surface area contributed by atoms with Gasteiger partial charge in [-0.15, -0.1) is 11.8 Å². The van der Waals surface area contributed by atoms with E-state index in [0.717, 1.165) is 17.0 Å². The maximum atomic E-state index is 13.2. The Morgan fingerprint density at radius 2 is 1.74 bits per heavy atom. The van der Waals surface area contributed by atoms with Crippen LogP contribution in [0.3, 0.4) is 0 Å². The highest BCUT2D eigenvalue weighted by Crippen LogP contribution is 2.29. The predicted octanol–water partition coefficient (Wildman–Crippen LogP) is 5.37. The van der Waals surface area contributed by atoms with Crippen LogP contribution in [0.5, 0.6) is 0 Å². The third-order valence-electron chi connectivity index (χ3n) is 6.00. The van der Waals surface area contributed by atoms with Gasteiger partial charge in [0.25, 0.3) is 11.8 Å². The van der Waals surface area contributed by atoms with Gasteiger partial charge in [0.05, 0.1) is 12.0 Å². The molecular weight excluding hydrogens is 498 g/mol. The van der Waals surface area contributed by atoms with E-state index in [1.54, 1.807) is 48.5 Å². The van der Waals surface area contributed by atoms with E-state index < -0.39 is 11.8 Å². The topological polar surface area (TPSA) is 91.7 Å². The van der Waals surface area contributed by atoms with Crippen LogP contribution in [0.4, 0.5) is 11.4 Å². The molecule has 8 heteroatoms. The second kappa shape index (κ2) is 11.7. The minimum atomic E-state index is -0.502. The molecular formula is C30H25N3O4S. The summed E-state index contributed by atoms with van der Waals surface area (Å²) < 4.78 is 5.34. The number of anilines is 2. The summed E-state index contributed by atoms with van der Waals surface area (Å²) in [6, 6.07) is 27.3. The summed E-state index contributed by atoms with van der Waals surface area (Å²) in [7, 11) is 0. The molecule has 7 nitrogen and oxygen atoms in total. The van der Waals surface area contributed by atoms with Crippen LogP contribution in [-0.4, -0.2) is 30.0 Å². The van der Waals surface area contributed by atoms with Gasteiger partial charge in [-0.2, -0.15) is 0 Å². The minimum Gasteiger partial charge on any atom is -0.465 e.